The number of sulfonamides is 1. The lowest BCUT2D eigenvalue weighted by Crippen LogP contribution is -2.32. The van der Waals surface area contributed by atoms with Crippen LogP contribution in [0, 0.1) is 0 Å². The second kappa shape index (κ2) is 5.32. The molecule has 0 aromatic heterocycles. The summed E-state index contributed by atoms with van der Waals surface area (Å²) in [5.41, 5.74) is 0.610. The summed E-state index contributed by atoms with van der Waals surface area (Å²) in [4.78, 5) is 0.290. The fourth-order valence-corrected chi connectivity index (χ4v) is 2.86. The molecule has 0 saturated carbocycles. The molecule has 1 aromatic rings. The van der Waals surface area contributed by atoms with Crippen molar-refractivity contribution in [3.05, 3.63) is 24.3 Å². The molecule has 16 heavy (non-hydrogen) atoms. The normalized spacial score (nSPS) is 13.4. The Hall–Kier alpha value is -1.07. The third-order valence-electron chi connectivity index (χ3n) is 2.41. The van der Waals surface area contributed by atoms with E-state index in [2.05, 4.69) is 10.0 Å². The van der Waals surface area contributed by atoms with E-state index in [0.29, 0.717) is 5.69 Å². The highest BCUT2D eigenvalue weighted by atomic mass is 32.2. The summed E-state index contributed by atoms with van der Waals surface area (Å²) in [5, 5.41) is 2.87. The molecule has 0 saturated heterocycles. The van der Waals surface area contributed by atoms with Gasteiger partial charge in [0.05, 0.1) is 5.69 Å². The second-order valence-electron chi connectivity index (χ2n) is 3.68. The van der Waals surface area contributed by atoms with E-state index in [4.69, 9.17) is 0 Å². The van der Waals surface area contributed by atoms with Crippen molar-refractivity contribution in [3.8, 4) is 0 Å². The maximum absolute atomic E-state index is 12.0. The first kappa shape index (κ1) is 13.0. The molecule has 1 rings (SSSR count). The van der Waals surface area contributed by atoms with Crippen LogP contribution < -0.4 is 10.0 Å². The zero-order valence-electron chi connectivity index (χ0n) is 9.82. The quantitative estimate of drug-likeness (QED) is 0.828. The number of hydrogen-bond acceptors (Lipinski definition) is 3. The molecule has 1 aromatic carbocycles. The molecule has 5 heteroatoms. The van der Waals surface area contributed by atoms with Crippen molar-refractivity contribution in [1.29, 1.82) is 0 Å². The predicted octanol–water partition coefficient (Wildman–Crippen LogP) is 1.81. The van der Waals surface area contributed by atoms with Crippen LogP contribution in [0.1, 0.15) is 20.3 Å². The molecule has 1 unspecified atom stereocenters. The summed E-state index contributed by atoms with van der Waals surface area (Å²) in [6, 6.07) is 6.79. The highest BCUT2D eigenvalue weighted by molar-refractivity contribution is 7.89. The van der Waals surface area contributed by atoms with Gasteiger partial charge < -0.3 is 5.32 Å². The molecule has 0 aliphatic rings. The van der Waals surface area contributed by atoms with E-state index in [1.807, 2.05) is 13.8 Å². The number of rotatable bonds is 5. The molecule has 0 fully saturated rings. The third-order valence-corrected chi connectivity index (χ3v) is 4.06. The van der Waals surface area contributed by atoms with Crippen LogP contribution in [0.25, 0.3) is 0 Å². The van der Waals surface area contributed by atoms with E-state index < -0.39 is 10.0 Å². The fourth-order valence-electron chi connectivity index (χ4n) is 1.32. The molecular formula is C11H18N2O2S. The first-order chi connectivity index (χ1) is 7.51. The van der Waals surface area contributed by atoms with E-state index in [1.165, 1.54) is 0 Å². The highest BCUT2D eigenvalue weighted by Crippen LogP contribution is 2.20. The molecule has 4 nitrogen and oxygen atoms in total. The van der Waals surface area contributed by atoms with Gasteiger partial charge in [-0.05, 0) is 25.5 Å². The molecule has 2 N–H and O–H groups in total. The first-order valence-electron chi connectivity index (χ1n) is 5.30. The minimum atomic E-state index is -3.43. The van der Waals surface area contributed by atoms with Gasteiger partial charge in [-0.2, -0.15) is 0 Å². The van der Waals surface area contributed by atoms with E-state index >= 15 is 0 Å². The van der Waals surface area contributed by atoms with Crippen molar-refractivity contribution in [2.75, 3.05) is 12.4 Å². The Morgan fingerprint density at radius 3 is 2.50 bits per heavy atom. The average Bonchev–Trinajstić information content (AvgIpc) is 2.28. The van der Waals surface area contributed by atoms with Crippen molar-refractivity contribution < 1.29 is 8.42 Å². The minimum absolute atomic E-state index is 0.0603. The Morgan fingerprint density at radius 1 is 1.31 bits per heavy atom. The smallest absolute Gasteiger partial charge is 0.242 e. The van der Waals surface area contributed by atoms with Crippen molar-refractivity contribution in [2.45, 2.75) is 31.2 Å². The van der Waals surface area contributed by atoms with Crippen LogP contribution in [-0.2, 0) is 10.0 Å². The summed E-state index contributed by atoms with van der Waals surface area (Å²) in [5.74, 6) is 0. The highest BCUT2D eigenvalue weighted by Gasteiger charge is 2.19. The molecule has 1 atom stereocenters. The number of anilines is 1. The van der Waals surface area contributed by atoms with Crippen LogP contribution in [0.2, 0.25) is 0 Å². The Balaban J connectivity index is 3.07. The molecule has 0 aliphatic carbocycles. The van der Waals surface area contributed by atoms with Gasteiger partial charge in [0.25, 0.3) is 0 Å². The Labute approximate surface area is 97.1 Å². The van der Waals surface area contributed by atoms with Crippen LogP contribution in [-0.4, -0.2) is 21.5 Å². The number of para-hydroxylation sites is 1. The number of hydrogen-bond donors (Lipinski definition) is 2. The maximum Gasteiger partial charge on any atom is 0.242 e. The SMILES string of the molecule is CCC(C)NS(=O)(=O)c1ccccc1NC. The summed E-state index contributed by atoms with van der Waals surface area (Å²) in [7, 11) is -1.72. The van der Waals surface area contributed by atoms with Gasteiger partial charge in [-0.15, -0.1) is 0 Å². The zero-order valence-corrected chi connectivity index (χ0v) is 10.6. The van der Waals surface area contributed by atoms with Crippen LogP contribution in [0.4, 0.5) is 5.69 Å². The molecule has 0 bridgehead atoms. The Bertz CT molecular complexity index is 443. The van der Waals surface area contributed by atoms with Crippen molar-refractivity contribution >= 4 is 15.7 Å². The number of nitrogens with one attached hydrogen (secondary N) is 2. The molecule has 0 radical (unpaired) electrons. The predicted molar refractivity (Wildman–Crippen MR) is 66.1 cm³/mol. The second-order valence-corrected chi connectivity index (χ2v) is 5.36. The molecule has 0 spiro atoms. The van der Waals surface area contributed by atoms with Gasteiger partial charge in [0.2, 0.25) is 10.0 Å². The van der Waals surface area contributed by atoms with Crippen molar-refractivity contribution in [1.82, 2.24) is 4.72 Å². The van der Waals surface area contributed by atoms with Gasteiger partial charge in [-0.3, -0.25) is 0 Å². The Kier molecular flexibility index (Phi) is 4.32. The standard InChI is InChI=1S/C11H18N2O2S/c1-4-9(2)13-16(14,15)11-8-6-5-7-10(11)12-3/h5-9,12-13H,4H2,1-3H3. The van der Waals surface area contributed by atoms with E-state index in [0.717, 1.165) is 6.42 Å². The average molecular weight is 242 g/mol. The van der Waals surface area contributed by atoms with Gasteiger partial charge in [0.15, 0.2) is 0 Å². The molecule has 0 heterocycles. The minimum Gasteiger partial charge on any atom is -0.387 e. The molecule has 90 valence electrons. The lowest BCUT2D eigenvalue weighted by Gasteiger charge is -2.14. The summed E-state index contributed by atoms with van der Waals surface area (Å²) < 4.78 is 26.7. The monoisotopic (exact) mass is 242 g/mol. The van der Waals surface area contributed by atoms with Gasteiger partial charge in [0.1, 0.15) is 4.90 Å². The lowest BCUT2D eigenvalue weighted by molar-refractivity contribution is 0.556. The topological polar surface area (TPSA) is 58.2 Å². The Morgan fingerprint density at radius 2 is 1.94 bits per heavy atom. The van der Waals surface area contributed by atoms with Gasteiger partial charge in [0, 0.05) is 13.1 Å². The van der Waals surface area contributed by atoms with Crippen LogP contribution >= 0.6 is 0 Å². The zero-order chi connectivity index (χ0) is 12.2. The van der Waals surface area contributed by atoms with E-state index in [-0.39, 0.29) is 10.9 Å². The van der Waals surface area contributed by atoms with Crippen molar-refractivity contribution in [2.24, 2.45) is 0 Å². The third kappa shape index (κ3) is 2.96. The maximum atomic E-state index is 12.0. The van der Waals surface area contributed by atoms with Crippen molar-refractivity contribution in [3.63, 3.8) is 0 Å². The van der Waals surface area contributed by atoms with E-state index in [9.17, 15) is 8.42 Å². The summed E-state index contributed by atoms with van der Waals surface area (Å²) in [6.07, 6.45) is 0.765. The molecule has 0 amide bonds. The molecular weight excluding hydrogens is 224 g/mol. The largest absolute Gasteiger partial charge is 0.387 e. The van der Waals surface area contributed by atoms with Gasteiger partial charge in [-0.1, -0.05) is 19.1 Å². The van der Waals surface area contributed by atoms with E-state index in [1.54, 1.807) is 31.3 Å². The van der Waals surface area contributed by atoms with Gasteiger partial charge >= 0.3 is 0 Å². The summed E-state index contributed by atoms with van der Waals surface area (Å²) >= 11 is 0. The first-order valence-corrected chi connectivity index (χ1v) is 6.78. The van der Waals surface area contributed by atoms with Crippen LogP contribution in [0.5, 0.6) is 0 Å². The van der Waals surface area contributed by atoms with Crippen LogP contribution in [0.3, 0.4) is 0 Å². The molecule has 0 aliphatic heterocycles. The summed E-state index contributed by atoms with van der Waals surface area (Å²) in [6.45, 7) is 3.79. The lowest BCUT2D eigenvalue weighted by atomic mass is 10.3. The number of benzene rings is 1. The fraction of sp³-hybridized carbons (Fsp3) is 0.455. The van der Waals surface area contributed by atoms with Crippen LogP contribution in [0.15, 0.2) is 29.2 Å². The van der Waals surface area contributed by atoms with Gasteiger partial charge in [-0.25, -0.2) is 13.1 Å².